The lowest BCUT2D eigenvalue weighted by atomic mass is 9.96. The van der Waals surface area contributed by atoms with E-state index in [1.54, 1.807) is 4.90 Å². The fourth-order valence-electron chi connectivity index (χ4n) is 1.88. The molecule has 1 N–H and O–H groups in total. The highest BCUT2D eigenvalue weighted by atomic mass is 32.1. The second-order valence-corrected chi connectivity index (χ2v) is 7.11. The van der Waals surface area contributed by atoms with Crippen LogP contribution in [0.5, 0.6) is 0 Å². The standard InChI is InChI=1S/C17H21N3O2S/c1-12-11-23-16(19-12)20(13-8-6-5-7-9-13)14(21)10-18-15(22)17(2,3)4/h5-9,11H,10H2,1-4H3,(H,18,22). The van der Waals surface area contributed by atoms with Crippen molar-refractivity contribution in [3.05, 3.63) is 41.4 Å². The zero-order valence-electron chi connectivity index (χ0n) is 13.8. The van der Waals surface area contributed by atoms with E-state index < -0.39 is 5.41 Å². The van der Waals surface area contributed by atoms with Crippen LogP contribution in [0.25, 0.3) is 0 Å². The topological polar surface area (TPSA) is 62.3 Å². The molecular formula is C17H21N3O2S. The summed E-state index contributed by atoms with van der Waals surface area (Å²) in [7, 11) is 0. The van der Waals surface area contributed by atoms with Gasteiger partial charge in [0.2, 0.25) is 5.91 Å². The summed E-state index contributed by atoms with van der Waals surface area (Å²) in [6, 6.07) is 9.31. The minimum atomic E-state index is -0.532. The van der Waals surface area contributed by atoms with Gasteiger partial charge in [-0.05, 0) is 19.1 Å². The molecule has 2 rings (SSSR count). The monoisotopic (exact) mass is 331 g/mol. The van der Waals surface area contributed by atoms with Crippen LogP contribution in [0.1, 0.15) is 26.5 Å². The van der Waals surface area contributed by atoms with E-state index in [-0.39, 0.29) is 18.4 Å². The van der Waals surface area contributed by atoms with Crippen molar-refractivity contribution in [2.45, 2.75) is 27.7 Å². The van der Waals surface area contributed by atoms with Crippen molar-refractivity contribution in [3.8, 4) is 0 Å². The van der Waals surface area contributed by atoms with Gasteiger partial charge >= 0.3 is 0 Å². The summed E-state index contributed by atoms with van der Waals surface area (Å²) in [5.41, 5.74) is 1.06. The van der Waals surface area contributed by atoms with E-state index in [2.05, 4.69) is 10.3 Å². The van der Waals surface area contributed by atoms with Gasteiger partial charge in [-0.2, -0.15) is 0 Å². The summed E-state index contributed by atoms with van der Waals surface area (Å²) >= 11 is 1.40. The van der Waals surface area contributed by atoms with Crippen molar-refractivity contribution in [2.24, 2.45) is 5.41 Å². The number of nitrogens with one attached hydrogen (secondary N) is 1. The summed E-state index contributed by atoms with van der Waals surface area (Å²) in [4.78, 5) is 30.6. The number of carbonyl (C=O) groups is 2. The fourth-order valence-corrected chi connectivity index (χ4v) is 2.72. The van der Waals surface area contributed by atoms with Gasteiger partial charge in [-0.15, -0.1) is 11.3 Å². The normalized spacial score (nSPS) is 11.1. The average Bonchev–Trinajstić information content (AvgIpc) is 2.91. The molecule has 0 aliphatic rings. The summed E-state index contributed by atoms with van der Waals surface area (Å²) < 4.78 is 0. The maximum atomic E-state index is 12.7. The quantitative estimate of drug-likeness (QED) is 0.935. The van der Waals surface area contributed by atoms with Crippen LogP contribution in [0, 0.1) is 12.3 Å². The van der Waals surface area contributed by atoms with Gasteiger partial charge in [0.15, 0.2) is 5.13 Å². The Hall–Kier alpha value is -2.21. The van der Waals surface area contributed by atoms with Gasteiger partial charge in [0.25, 0.3) is 5.91 Å². The minimum absolute atomic E-state index is 0.0658. The average molecular weight is 331 g/mol. The van der Waals surface area contributed by atoms with E-state index in [0.29, 0.717) is 5.13 Å². The van der Waals surface area contributed by atoms with Crippen LogP contribution in [-0.2, 0) is 9.59 Å². The van der Waals surface area contributed by atoms with Crippen molar-refractivity contribution in [2.75, 3.05) is 11.4 Å². The third-order valence-electron chi connectivity index (χ3n) is 3.14. The van der Waals surface area contributed by atoms with Crippen molar-refractivity contribution < 1.29 is 9.59 Å². The number of anilines is 2. The fraction of sp³-hybridized carbons (Fsp3) is 0.353. The van der Waals surface area contributed by atoms with Gasteiger partial charge in [-0.25, -0.2) is 4.98 Å². The van der Waals surface area contributed by atoms with Crippen LogP contribution in [0.2, 0.25) is 0 Å². The molecule has 0 saturated heterocycles. The first-order chi connectivity index (χ1) is 10.8. The number of carbonyl (C=O) groups excluding carboxylic acids is 2. The minimum Gasteiger partial charge on any atom is -0.347 e. The van der Waals surface area contributed by atoms with Crippen LogP contribution in [-0.4, -0.2) is 23.3 Å². The molecule has 6 heteroatoms. The Morgan fingerprint density at radius 3 is 2.39 bits per heavy atom. The van der Waals surface area contributed by atoms with Crippen molar-refractivity contribution >= 4 is 34.0 Å². The molecule has 1 heterocycles. The van der Waals surface area contributed by atoms with E-state index in [1.807, 2.05) is 63.4 Å². The van der Waals surface area contributed by atoms with E-state index in [9.17, 15) is 9.59 Å². The van der Waals surface area contributed by atoms with Gasteiger partial charge in [0, 0.05) is 10.8 Å². The van der Waals surface area contributed by atoms with Gasteiger partial charge in [0.05, 0.1) is 17.9 Å². The zero-order valence-corrected chi connectivity index (χ0v) is 14.6. The van der Waals surface area contributed by atoms with Gasteiger partial charge in [-0.3, -0.25) is 14.5 Å². The number of para-hydroxylation sites is 1. The third kappa shape index (κ3) is 4.39. The Labute approximate surface area is 140 Å². The number of aryl methyl sites for hydroxylation is 1. The second-order valence-electron chi connectivity index (χ2n) is 6.27. The van der Waals surface area contributed by atoms with E-state index >= 15 is 0 Å². The molecular weight excluding hydrogens is 310 g/mol. The molecule has 0 aliphatic heterocycles. The third-order valence-corrected chi connectivity index (χ3v) is 4.09. The summed E-state index contributed by atoms with van der Waals surface area (Å²) in [6.07, 6.45) is 0. The van der Waals surface area contributed by atoms with E-state index in [1.165, 1.54) is 11.3 Å². The Morgan fingerprint density at radius 2 is 1.87 bits per heavy atom. The van der Waals surface area contributed by atoms with Crippen LogP contribution >= 0.6 is 11.3 Å². The lowest BCUT2D eigenvalue weighted by Crippen LogP contribution is -2.42. The van der Waals surface area contributed by atoms with Gasteiger partial charge in [0.1, 0.15) is 0 Å². The first-order valence-electron chi connectivity index (χ1n) is 7.37. The lowest BCUT2D eigenvalue weighted by Gasteiger charge is -2.22. The van der Waals surface area contributed by atoms with Crippen LogP contribution in [0.15, 0.2) is 35.7 Å². The number of benzene rings is 1. The van der Waals surface area contributed by atoms with Crippen LogP contribution in [0.4, 0.5) is 10.8 Å². The summed E-state index contributed by atoms with van der Waals surface area (Å²) in [5, 5.41) is 5.19. The number of hydrogen-bond acceptors (Lipinski definition) is 4. The van der Waals surface area contributed by atoms with Crippen LogP contribution < -0.4 is 10.2 Å². The Morgan fingerprint density at radius 1 is 1.22 bits per heavy atom. The Bertz CT molecular complexity index is 689. The number of amides is 2. The molecule has 0 unspecified atom stereocenters. The summed E-state index contributed by atoms with van der Waals surface area (Å²) in [5.74, 6) is -0.377. The predicted molar refractivity (Wildman–Crippen MR) is 92.9 cm³/mol. The van der Waals surface area contributed by atoms with Crippen LogP contribution in [0.3, 0.4) is 0 Å². The molecule has 0 fully saturated rings. The highest BCUT2D eigenvalue weighted by molar-refractivity contribution is 7.14. The molecule has 5 nitrogen and oxygen atoms in total. The molecule has 2 amide bonds. The first-order valence-corrected chi connectivity index (χ1v) is 8.25. The maximum Gasteiger partial charge on any atom is 0.252 e. The smallest absolute Gasteiger partial charge is 0.252 e. The molecule has 122 valence electrons. The zero-order chi connectivity index (χ0) is 17.0. The predicted octanol–water partition coefficient (Wildman–Crippen LogP) is 3.28. The second kappa shape index (κ2) is 6.91. The van der Waals surface area contributed by atoms with Crippen molar-refractivity contribution in [1.82, 2.24) is 10.3 Å². The molecule has 1 aromatic heterocycles. The molecule has 1 aromatic carbocycles. The Kier molecular flexibility index (Phi) is 5.15. The maximum absolute atomic E-state index is 12.7. The molecule has 0 spiro atoms. The number of nitrogens with zero attached hydrogens (tertiary/aromatic N) is 2. The summed E-state index contributed by atoms with van der Waals surface area (Å²) in [6.45, 7) is 7.25. The highest BCUT2D eigenvalue weighted by Crippen LogP contribution is 2.28. The lowest BCUT2D eigenvalue weighted by molar-refractivity contribution is -0.130. The number of hydrogen-bond donors (Lipinski definition) is 1. The molecule has 2 aromatic rings. The van der Waals surface area contributed by atoms with Crippen molar-refractivity contribution in [1.29, 1.82) is 0 Å². The number of thiazole rings is 1. The van der Waals surface area contributed by atoms with Gasteiger partial charge in [-0.1, -0.05) is 39.0 Å². The van der Waals surface area contributed by atoms with E-state index in [0.717, 1.165) is 11.4 Å². The molecule has 0 atom stereocenters. The molecule has 23 heavy (non-hydrogen) atoms. The Balaban J connectivity index is 2.21. The molecule has 0 bridgehead atoms. The number of rotatable bonds is 4. The largest absolute Gasteiger partial charge is 0.347 e. The first kappa shape index (κ1) is 17.1. The SMILES string of the molecule is Cc1csc(N(C(=O)CNC(=O)C(C)(C)C)c2ccccc2)n1. The number of aromatic nitrogens is 1. The van der Waals surface area contributed by atoms with Crippen molar-refractivity contribution in [3.63, 3.8) is 0 Å². The molecule has 0 aliphatic carbocycles. The van der Waals surface area contributed by atoms with E-state index in [4.69, 9.17) is 0 Å². The molecule has 0 radical (unpaired) electrons. The van der Waals surface area contributed by atoms with Gasteiger partial charge < -0.3 is 5.32 Å². The highest BCUT2D eigenvalue weighted by Gasteiger charge is 2.25. The molecule has 0 saturated carbocycles.